The van der Waals surface area contributed by atoms with Crippen molar-refractivity contribution in [2.75, 3.05) is 38.8 Å². The molecular weight excluding hydrogens is 364 g/mol. The van der Waals surface area contributed by atoms with Gasteiger partial charge in [-0.15, -0.1) is 0 Å². The Labute approximate surface area is 165 Å². The van der Waals surface area contributed by atoms with E-state index in [1.807, 2.05) is 37.4 Å². The summed E-state index contributed by atoms with van der Waals surface area (Å²) in [5, 5.41) is 2.87. The Morgan fingerprint density at radius 3 is 2.74 bits per heavy atom. The van der Waals surface area contributed by atoms with Gasteiger partial charge < -0.3 is 10.1 Å². The van der Waals surface area contributed by atoms with Crippen molar-refractivity contribution in [3.8, 4) is 0 Å². The number of amides is 3. The summed E-state index contributed by atoms with van der Waals surface area (Å²) in [5.41, 5.74) is 0.547. The summed E-state index contributed by atoms with van der Waals surface area (Å²) in [6, 6.07) is 7.51. The highest BCUT2D eigenvalue weighted by Gasteiger charge is 2.53. The van der Waals surface area contributed by atoms with E-state index < -0.39 is 5.41 Å². The monoisotopic (exact) mass is 392 g/mol. The van der Waals surface area contributed by atoms with Gasteiger partial charge in [0.05, 0.1) is 5.41 Å². The summed E-state index contributed by atoms with van der Waals surface area (Å²) in [6.45, 7) is 3.24. The topological polar surface area (TPSA) is 75.7 Å². The number of rotatable bonds is 10. The number of nitrogens with one attached hydrogen (secondary N) is 1. The number of benzene rings is 1. The second-order valence-corrected chi connectivity index (χ2v) is 7.78. The third-order valence-electron chi connectivity index (χ3n) is 4.89. The van der Waals surface area contributed by atoms with E-state index in [1.165, 1.54) is 4.90 Å². The minimum atomic E-state index is -1.13. The third kappa shape index (κ3) is 4.90. The van der Waals surface area contributed by atoms with Gasteiger partial charge in [0.2, 0.25) is 17.7 Å². The minimum absolute atomic E-state index is 0.0163. The number of hydrogen-bond acceptors (Lipinski definition) is 5. The number of carbonyl (C=O) groups is 3. The first kappa shape index (κ1) is 21.4. The fourth-order valence-electron chi connectivity index (χ4n) is 3.58. The average molecular weight is 393 g/mol. The van der Waals surface area contributed by atoms with Crippen LogP contribution in [0.1, 0.15) is 30.4 Å². The summed E-state index contributed by atoms with van der Waals surface area (Å²) in [4.78, 5) is 39.8. The molecule has 6 nitrogen and oxygen atoms in total. The smallest absolute Gasteiger partial charge is 0.240 e. The Balaban J connectivity index is 2.31. The molecule has 2 rings (SSSR count). The van der Waals surface area contributed by atoms with Crippen LogP contribution >= 0.6 is 11.8 Å². The lowest BCUT2D eigenvalue weighted by Gasteiger charge is -2.28. The van der Waals surface area contributed by atoms with Crippen molar-refractivity contribution in [3.63, 3.8) is 0 Å². The van der Waals surface area contributed by atoms with E-state index in [1.54, 1.807) is 18.9 Å². The van der Waals surface area contributed by atoms with Crippen LogP contribution in [0.2, 0.25) is 0 Å². The molecule has 0 radical (unpaired) electrons. The van der Waals surface area contributed by atoms with Crippen molar-refractivity contribution in [2.45, 2.75) is 31.6 Å². The molecule has 1 aliphatic rings. The standard InChI is InChI=1S/C20H28N2O4S/c1-15-7-4-5-8-16(15)20(13-17(23)21-9-12-27-3)14-18(24)22(19(20)25)10-6-11-26-2/h4-5,7-8H,6,9-14H2,1-3H3,(H,21,23)/t20-/m0/s1. The molecule has 0 unspecified atom stereocenters. The van der Waals surface area contributed by atoms with Gasteiger partial charge in [-0.25, -0.2) is 0 Å². The van der Waals surface area contributed by atoms with Gasteiger partial charge in [-0.2, -0.15) is 11.8 Å². The third-order valence-corrected chi connectivity index (χ3v) is 5.50. The average Bonchev–Trinajstić information content (AvgIpc) is 2.87. The molecule has 1 atom stereocenters. The van der Waals surface area contributed by atoms with Crippen molar-refractivity contribution in [1.82, 2.24) is 10.2 Å². The summed E-state index contributed by atoms with van der Waals surface area (Å²) in [6.07, 6.45) is 2.56. The molecule has 1 aromatic carbocycles. The maximum atomic E-state index is 13.3. The lowest BCUT2D eigenvalue weighted by atomic mass is 9.74. The molecule has 3 amide bonds. The molecule has 1 saturated heterocycles. The lowest BCUT2D eigenvalue weighted by Crippen LogP contribution is -2.43. The highest BCUT2D eigenvalue weighted by Crippen LogP contribution is 2.41. The van der Waals surface area contributed by atoms with Crippen molar-refractivity contribution in [3.05, 3.63) is 35.4 Å². The Hall–Kier alpha value is -1.86. The van der Waals surface area contributed by atoms with Crippen LogP contribution in [-0.2, 0) is 24.5 Å². The number of aryl methyl sites for hydroxylation is 1. The molecule has 27 heavy (non-hydrogen) atoms. The van der Waals surface area contributed by atoms with Crippen LogP contribution in [0.3, 0.4) is 0 Å². The van der Waals surface area contributed by atoms with Crippen LogP contribution in [-0.4, -0.2) is 61.4 Å². The molecule has 0 aromatic heterocycles. The zero-order valence-corrected chi connectivity index (χ0v) is 17.1. The molecule has 1 N–H and O–H groups in total. The van der Waals surface area contributed by atoms with Gasteiger partial charge in [0.1, 0.15) is 0 Å². The van der Waals surface area contributed by atoms with E-state index in [2.05, 4.69) is 5.32 Å². The van der Waals surface area contributed by atoms with Gasteiger partial charge in [0.15, 0.2) is 0 Å². The zero-order chi connectivity index (χ0) is 19.9. The summed E-state index contributed by atoms with van der Waals surface area (Å²) >= 11 is 1.64. The Morgan fingerprint density at radius 1 is 1.33 bits per heavy atom. The number of imide groups is 1. The first-order valence-corrected chi connectivity index (χ1v) is 10.5. The molecule has 0 bridgehead atoms. The van der Waals surface area contributed by atoms with Gasteiger partial charge in [-0.05, 0) is 30.7 Å². The molecule has 7 heteroatoms. The quantitative estimate of drug-likeness (QED) is 0.486. The molecule has 1 heterocycles. The van der Waals surface area contributed by atoms with Crippen LogP contribution < -0.4 is 5.32 Å². The summed E-state index contributed by atoms with van der Waals surface area (Å²) in [5.74, 6) is 0.0976. The molecule has 1 aliphatic heterocycles. The van der Waals surface area contributed by atoms with Gasteiger partial charge in [-0.1, -0.05) is 24.3 Å². The first-order chi connectivity index (χ1) is 13.0. The predicted molar refractivity (Wildman–Crippen MR) is 107 cm³/mol. The van der Waals surface area contributed by atoms with Crippen LogP contribution in [0.25, 0.3) is 0 Å². The normalized spacial score (nSPS) is 19.6. The number of nitrogens with zero attached hydrogens (tertiary/aromatic N) is 1. The second-order valence-electron chi connectivity index (χ2n) is 6.79. The van der Waals surface area contributed by atoms with E-state index in [0.717, 1.165) is 16.9 Å². The van der Waals surface area contributed by atoms with Crippen molar-refractivity contribution in [2.24, 2.45) is 0 Å². The van der Waals surface area contributed by atoms with Gasteiger partial charge in [0, 0.05) is 45.4 Å². The van der Waals surface area contributed by atoms with E-state index in [-0.39, 0.29) is 30.6 Å². The zero-order valence-electron chi connectivity index (χ0n) is 16.2. The van der Waals surface area contributed by atoms with E-state index in [4.69, 9.17) is 4.74 Å². The molecule has 0 spiro atoms. The molecule has 1 aromatic rings. The number of likely N-dealkylation sites (tertiary alicyclic amines) is 1. The first-order valence-electron chi connectivity index (χ1n) is 9.11. The van der Waals surface area contributed by atoms with Crippen LogP contribution in [0.4, 0.5) is 0 Å². The Kier molecular flexibility index (Phi) is 7.86. The molecular formula is C20H28N2O4S. The van der Waals surface area contributed by atoms with Crippen LogP contribution in [0, 0.1) is 6.92 Å². The van der Waals surface area contributed by atoms with E-state index in [9.17, 15) is 14.4 Å². The van der Waals surface area contributed by atoms with Crippen molar-refractivity contribution >= 4 is 29.5 Å². The molecule has 1 fully saturated rings. The largest absolute Gasteiger partial charge is 0.385 e. The second kappa shape index (κ2) is 9.90. The van der Waals surface area contributed by atoms with E-state index >= 15 is 0 Å². The maximum Gasteiger partial charge on any atom is 0.240 e. The van der Waals surface area contributed by atoms with Gasteiger partial charge in [-0.3, -0.25) is 19.3 Å². The predicted octanol–water partition coefficient (Wildman–Crippen LogP) is 1.90. The molecule has 0 saturated carbocycles. The van der Waals surface area contributed by atoms with Crippen molar-refractivity contribution in [1.29, 1.82) is 0 Å². The van der Waals surface area contributed by atoms with E-state index in [0.29, 0.717) is 26.1 Å². The lowest BCUT2D eigenvalue weighted by molar-refractivity contribution is -0.141. The van der Waals surface area contributed by atoms with Gasteiger partial charge in [0.25, 0.3) is 0 Å². The Bertz CT molecular complexity index is 694. The molecule has 0 aliphatic carbocycles. The number of ether oxygens (including phenoxy) is 1. The minimum Gasteiger partial charge on any atom is -0.385 e. The fourth-order valence-corrected chi connectivity index (χ4v) is 3.88. The molecule has 148 valence electrons. The SMILES string of the molecule is COCCCN1C(=O)C[C@@](CC(=O)NCCSC)(c2ccccc2C)C1=O. The highest BCUT2D eigenvalue weighted by atomic mass is 32.2. The van der Waals surface area contributed by atoms with Crippen molar-refractivity contribution < 1.29 is 19.1 Å². The number of hydrogen-bond donors (Lipinski definition) is 1. The summed E-state index contributed by atoms with van der Waals surface area (Å²) in [7, 11) is 1.59. The van der Waals surface area contributed by atoms with Gasteiger partial charge >= 0.3 is 0 Å². The highest BCUT2D eigenvalue weighted by molar-refractivity contribution is 7.98. The Morgan fingerprint density at radius 2 is 2.07 bits per heavy atom. The number of thioether (sulfide) groups is 1. The fraction of sp³-hybridized carbons (Fsp3) is 0.550. The number of methoxy groups -OCH3 is 1. The van der Waals surface area contributed by atoms with Crippen LogP contribution in [0.5, 0.6) is 0 Å². The maximum absolute atomic E-state index is 13.3. The van der Waals surface area contributed by atoms with Crippen LogP contribution in [0.15, 0.2) is 24.3 Å². The summed E-state index contributed by atoms with van der Waals surface area (Å²) < 4.78 is 5.03. The number of carbonyl (C=O) groups excluding carboxylic acids is 3.